The van der Waals surface area contributed by atoms with E-state index in [0.717, 1.165) is 11.4 Å². The smallest absolute Gasteiger partial charge is 0.272 e. The van der Waals surface area contributed by atoms with Crippen LogP contribution in [0.25, 0.3) is 5.65 Å². The fourth-order valence-corrected chi connectivity index (χ4v) is 2.40. The van der Waals surface area contributed by atoms with Crippen molar-refractivity contribution in [3.05, 3.63) is 63.5 Å². The van der Waals surface area contributed by atoms with Gasteiger partial charge < -0.3 is 5.32 Å². The molecule has 1 amide bonds. The van der Waals surface area contributed by atoms with Crippen molar-refractivity contribution in [1.29, 1.82) is 0 Å². The number of rotatable bonds is 4. The SMILES string of the molecule is Cc1cccc(CCNC(=O)c2c[nH]n3c(=O)cc(C)nc23)n1. The zero-order valence-electron chi connectivity index (χ0n) is 13.0. The summed E-state index contributed by atoms with van der Waals surface area (Å²) in [6.07, 6.45) is 2.13. The van der Waals surface area contributed by atoms with Crippen LogP contribution in [0.15, 0.2) is 35.3 Å². The summed E-state index contributed by atoms with van der Waals surface area (Å²) in [5.74, 6) is -0.270. The Morgan fingerprint density at radius 2 is 2.09 bits per heavy atom. The summed E-state index contributed by atoms with van der Waals surface area (Å²) in [5.41, 5.74) is 2.89. The van der Waals surface area contributed by atoms with E-state index in [1.54, 1.807) is 6.92 Å². The third-order valence-corrected chi connectivity index (χ3v) is 3.48. The molecule has 0 aromatic carbocycles. The molecule has 23 heavy (non-hydrogen) atoms. The third-order valence-electron chi connectivity index (χ3n) is 3.48. The summed E-state index contributed by atoms with van der Waals surface area (Å²) < 4.78 is 1.25. The van der Waals surface area contributed by atoms with Gasteiger partial charge in [0, 0.05) is 42.3 Å². The summed E-state index contributed by atoms with van der Waals surface area (Å²) in [5, 5.41) is 5.58. The minimum absolute atomic E-state index is 0.240. The highest BCUT2D eigenvalue weighted by molar-refractivity contribution is 5.99. The van der Waals surface area contributed by atoms with E-state index in [2.05, 4.69) is 20.4 Å². The van der Waals surface area contributed by atoms with Gasteiger partial charge >= 0.3 is 0 Å². The predicted molar refractivity (Wildman–Crippen MR) is 85.6 cm³/mol. The molecule has 0 saturated carbocycles. The first kappa shape index (κ1) is 15.0. The Labute approximate surface area is 132 Å². The van der Waals surface area contributed by atoms with Crippen molar-refractivity contribution in [2.45, 2.75) is 20.3 Å². The number of hydrogen-bond donors (Lipinski definition) is 2. The van der Waals surface area contributed by atoms with Gasteiger partial charge in [0.1, 0.15) is 5.56 Å². The summed E-state index contributed by atoms with van der Waals surface area (Å²) >= 11 is 0. The molecule has 3 rings (SSSR count). The Morgan fingerprint density at radius 1 is 1.26 bits per heavy atom. The summed E-state index contributed by atoms with van der Waals surface area (Å²) in [4.78, 5) is 32.8. The maximum Gasteiger partial charge on any atom is 0.272 e. The number of H-pyrrole nitrogens is 1. The molecule has 0 spiro atoms. The van der Waals surface area contributed by atoms with Crippen LogP contribution < -0.4 is 10.9 Å². The zero-order valence-corrected chi connectivity index (χ0v) is 13.0. The number of hydrogen-bond acceptors (Lipinski definition) is 4. The number of pyridine rings is 1. The van der Waals surface area contributed by atoms with Gasteiger partial charge in [-0.1, -0.05) is 6.07 Å². The number of nitrogens with one attached hydrogen (secondary N) is 2. The van der Waals surface area contributed by atoms with E-state index < -0.39 is 0 Å². The van der Waals surface area contributed by atoms with E-state index in [1.807, 2.05) is 25.1 Å². The maximum atomic E-state index is 12.3. The number of carbonyl (C=O) groups excluding carboxylic acids is 1. The van der Waals surface area contributed by atoms with Gasteiger partial charge in [-0.3, -0.25) is 19.7 Å². The molecule has 0 bridgehead atoms. The average Bonchev–Trinajstić information content (AvgIpc) is 2.91. The van der Waals surface area contributed by atoms with E-state index in [-0.39, 0.29) is 11.5 Å². The van der Waals surface area contributed by atoms with Gasteiger partial charge in [-0.05, 0) is 26.0 Å². The third kappa shape index (κ3) is 3.13. The lowest BCUT2D eigenvalue weighted by molar-refractivity contribution is 0.0955. The Balaban J connectivity index is 1.73. The Bertz CT molecular complexity index is 926. The van der Waals surface area contributed by atoms with Crippen molar-refractivity contribution < 1.29 is 4.79 Å². The highest BCUT2D eigenvalue weighted by Crippen LogP contribution is 2.06. The van der Waals surface area contributed by atoms with Crippen LogP contribution in [0.2, 0.25) is 0 Å². The number of nitrogens with zero attached hydrogens (tertiary/aromatic N) is 3. The largest absolute Gasteiger partial charge is 0.351 e. The first-order valence-electron chi connectivity index (χ1n) is 7.33. The Kier molecular flexibility index (Phi) is 3.92. The van der Waals surface area contributed by atoms with Gasteiger partial charge in [0.25, 0.3) is 11.5 Å². The van der Waals surface area contributed by atoms with Crippen LogP contribution in [0.3, 0.4) is 0 Å². The van der Waals surface area contributed by atoms with Crippen LogP contribution in [0.4, 0.5) is 0 Å². The molecule has 7 heteroatoms. The van der Waals surface area contributed by atoms with Crippen LogP contribution in [-0.2, 0) is 6.42 Å². The van der Waals surface area contributed by atoms with E-state index in [9.17, 15) is 9.59 Å². The van der Waals surface area contributed by atoms with Crippen molar-refractivity contribution in [2.75, 3.05) is 6.54 Å². The number of aromatic amines is 1. The van der Waals surface area contributed by atoms with Crippen molar-refractivity contribution in [1.82, 2.24) is 24.9 Å². The number of fused-ring (bicyclic) bond motifs is 1. The highest BCUT2D eigenvalue weighted by atomic mass is 16.2. The molecule has 0 aliphatic heterocycles. The average molecular weight is 311 g/mol. The lowest BCUT2D eigenvalue weighted by atomic mass is 10.2. The standard InChI is InChI=1S/C16H17N5O2/c1-10-4-3-5-12(19-10)6-7-17-16(23)13-9-18-21-14(22)8-11(2)20-15(13)21/h3-5,8-9,18H,6-7H2,1-2H3,(H,17,23). The van der Waals surface area contributed by atoms with Crippen molar-refractivity contribution in [3.63, 3.8) is 0 Å². The number of aromatic nitrogens is 4. The fourth-order valence-electron chi connectivity index (χ4n) is 2.40. The van der Waals surface area contributed by atoms with E-state index in [4.69, 9.17) is 0 Å². The molecule has 0 radical (unpaired) electrons. The van der Waals surface area contributed by atoms with E-state index >= 15 is 0 Å². The Hall–Kier alpha value is -2.96. The van der Waals surface area contributed by atoms with Crippen LogP contribution in [0, 0.1) is 13.8 Å². The molecule has 0 atom stereocenters. The minimum Gasteiger partial charge on any atom is -0.351 e. The van der Waals surface area contributed by atoms with Crippen molar-refractivity contribution in [2.24, 2.45) is 0 Å². The molecule has 3 heterocycles. The van der Waals surface area contributed by atoms with Crippen LogP contribution in [0.1, 0.15) is 27.4 Å². The zero-order chi connectivity index (χ0) is 16.4. The molecular weight excluding hydrogens is 294 g/mol. The van der Waals surface area contributed by atoms with Gasteiger partial charge in [0.15, 0.2) is 5.65 Å². The van der Waals surface area contributed by atoms with Gasteiger partial charge in [-0.15, -0.1) is 0 Å². The van der Waals surface area contributed by atoms with Gasteiger partial charge in [-0.25, -0.2) is 9.50 Å². The molecule has 3 aromatic heterocycles. The number of carbonyl (C=O) groups is 1. The Morgan fingerprint density at radius 3 is 2.87 bits per heavy atom. The van der Waals surface area contributed by atoms with Gasteiger partial charge in [-0.2, -0.15) is 0 Å². The first-order chi connectivity index (χ1) is 11.0. The predicted octanol–water partition coefficient (Wildman–Crippen LogP) is 1.01. The van der Waals surface area contributed by atoms with Gasteiger partial charge in [0.2, 0.25) is 0 Å². The second kappa shape index (κ2) is 6.04. The molecule has 0 saturated heterocycles. The molecule has 0 aliphatic carbocycles. The number of amides is 1. The summed E-state index contributed by atoms with van der Waals surface area (Å²) in [6.45, 7) is 4.11. The first-order valence-corrected chi connectivity index (χ1v) is 7.33. The fraction of sp³-hybridized carbons (Fsp3) is 0.250. The topological polar surface area (TPSA) is 92.2 Å². The van der Waals surface area contributed by atoms with Crippen LogP contribution >= 0.6 is 0 Å². The van der Waals surface area contributed by atoms with Crippen LogP contribution in [0.5, 0.6) is 0 Å². The van der Waals surface area contributed by atoms with Gasteiger partial charge in [0.05, 0.1) is 0 Å². The van der Waals surface area contributed by atoms with Crippen molar-refractivity contribution >= 4 is 11.6 Å². The maximum absolute atomic E-state index is 12.3. The second-order valence-corrected chi connectivity index (χ2v) is 5.36. The lowest BCUT2D eigenvalue weighted by Crippen LogP contribution is -2.26. The highest BCUT2D eigenvalue weighted by Gasteiger charge is 2.14. The molecule has 7 nitrogen and oxygen atoms in total. The summed E-state index contributed by atoms with van der Waals surface area (Å²) in [7, 11) is 0. The molecule has 0 aliphatic rings. The second-order valence-electron chi connectivity index (χ2n) is 5.36. The molecular formula is C16H17N5O2. The van der Waals surface area contributed by atoms with Crippen LogP contribution in [-0.4, -0.2) is 32.0 Å². The van der Waals surface area contributed by atoms with E-state index in [1.165, 1.54) is 16.8 Å². The molecule has 0 fully saturated rings. The summed E-state index contributed by atoms with van der Waals surface area (Å²) in [6, 6.07) is 7.21. The van der Waals surface area contributed by atoms with Crippen molar-refractivity contribution in [3.8, 4) is 0 Å². The molecule has 3 aromatic rings. The quantitative estimate of drug-likeness (QED) is 0.752. The monoisotopic (exact) mass is 311 g/mol. The minimum atomic E-state index is -0.270. The molecule has 0 unspecified atom stereocenters. The molecule has 118 valence electrons. The normalized spacial score (nSPS) is 10.9. The lowest BCUT2D eigenvalue weighted by Gasteiger charge is -2.04. The van der Waals surface area contributed by atoms with E-state index in [0.29, 0.717) is 29.9 Å². The number of aryl methyl sites for hydroxylation is 2. The molecule has 2 N–H and O–H groups in total.